The molecule has 3 N–H and O–H groups in total. The fourth-order valence-corrected chi connectivity index (χ4v) is 2.73. The molecule has 0 radical (unpaired) electrons. The number of aromatic amines is 1. The summed E-state index contributed by atoms with van der Waals surface area (Å²) in [6.07, 6.45) is 2.24. The van der Waals surface area contributed by atoms with E-state index >= 15 is 0 Å². The van der Waals surface area contributed by atoms with E-state index in [0.29, 0.717) is 6.42 Å². The Hall–Kier alpha value is -2.30. The lowest BCUT2D eigenvalue weighted by Crippen LogP contribution is -2.32. The van der Waals surface area contributed by atoms with Crippen LogP contribution in [0.4, 0.5) is 0 Å². The highest BCUT2D eigenvalue weighted by Gasteiger charge is 2.18. The third-order valence-corrected chi connectivity index (χ3v) is 3.86. The number of hydrogen-bond acceptors (Lipinski definition) is 3. The third-order valence-electron chi connectivity index (χ3n) is 3.70. The van der Waals surface area contributed by atoms with Crippen LogP contribution in [0, 0.1) is 0 Å². The van der Waals surface area contributed by atoms with Gasteiger partial charge in [0, 0.05) is 23.6 Å². The van der Waals surface area contributed by atoms with Gasteiger partial charge in [-0.3, -0.25) is 0 Å². The van der Waals surface area contributed by atoms with Gasteiger partial charge >= 0.3 is 5.97 Å². The predicted octanol–water partition coefficient (Wildman–Crippen LogP) is 3.40. The van der Waals surface area contributed by atoms with Crippen LogP contribution in [-0.4, -0.2) is 17.0 Å². The number of benzene rings is 2. The first-order valence-electron chi connectivity index (χ1n) is 6.93. The maximum absolute atomic E-state index is 11.4. The van der Waals surface area contributed by atoms with Crippen LogP contribution in [0.15, 0.2) is 54.7 Å². The molecule has 0 bridgehead atoms. The van der Waals surface area contributed by atoms with Crippen molar-refractivity contribution in [2.75, 3.05) is 0 Å². The Kier molecular flexibility index (Phi) is 4.13. The molecule has 5 heteroatoms. The van der Waals surface area contributed by atoms with Crippen molar-refractivity contribution in [1.82, 2.24) is 4.98 Å². The third kappa shape index (κ3) is 2.71. The SMILES string of the molecule is N[C@@H](Cc1c[nH]c2c(-c3ccccc3)cccc12)C(=O)OCl. The molecule has 112 valence electrons. The Morgan fingerprint density at radius 2 is 1.95 bits per heavy atom. The van der Waals surface area contributed by atoms with E-state index in [1.165, 1.54) is 0 Å². The maximum atomic E-state index is 11.4. The van der Waals surface area contributed by atoms with Gasteiger partial charge in [-0.15, -0.1) is 0 Å². The number of fused-ring (bicyclic) bond motifs is 1. The van der Waals surface area contributed by atoms with Crippen LogP contribution >= 0.6 is 11.9 Å². The van der Waals surface area contributed by atoms with Gasteiger partial charge in [-0.25, -0.2) is 4.79 Å². The van der Waals surface area contributed by atoms with Crippen molar-refractivity contribution in [3.63, 3.8) is 0 Å². The first kappa shape index (κ1) is 14.6. The minimum atomic E-state index is -0.781. The molecule has 3 aromatic rings. The Bertz CT molecular complexity index is 799. The summed E-state index contributed by atoms with van der Waals surface area (Å²) in [7, 11) is 0. The smallest absolute Gasteiger partial charge is 0.341 e. The lowest BCUT2D eigenvalue weighted by Gasteiger charge is -2.07. The molecule has 1 heterocycles. The minimum Gasteiger partial charge on any atom is -0.360 e. The van der Waals surface area contributed by atoms with E-state index in [4.69, 9.17) is 17.6 Å². The fourth-order valence-electron chi connectivity index (χ4n) is 2.62. The number of hydrogen-bond donors (Lipinski definition) is 2. The van der Waals surface area contributed by atoms with Crippen molar-refractivity contribution in [2.24, 2.45) is 5.73 Å². The number of carbonyl (C=O) groups excluding carboxylic acids is 1. The van der Waals surface area contributed by atoms with Crippen molar-refractivity contribution >= 4 is 28.7 Å². The van der Waals surface area contributed by atoms with Crippen molar-refractivity contribution in [3.8, 4) is 11.1 Å². The summed E-state index contributed by atoms with van der Waals surface area (Å²) in [5, 5.41) is 1.04. The van der Waals surface area contributed by atoms with Crippen LogP contribution in [-0.2, 0) is 15.5 Å². The first-order valence-corrected chi connectivity index (χ1v) is 7.24. The molecule has 0 fully saturated rings. The van der Waals surface area contributed by atoms with Crippen molar-refractivity contribution in [2.45, 2.75) is 12.5 Å². The average Bonchev–Trinajstić information content (AvgIpc) is 2.98. The molecule has 0 spiro atoms. The quantitative estimate of drug-likeness (QED) is 0.775. The molecule has 0 aliphatic rings. The van der Waals surface area contributed by atoms with Gasteiger partial charge in [0.25, 0.3) is 0 Å². The van der Waals surface area contributed by atoms with Gasteiger partial charge in [0.1, 0.15) is 17.9 Å². The molecule has 1 aromatic heterocycles. The van der Waals surface area contributed by atoms with Crippen molar-refractivity contribution in [1.29, 1.82) is 0 Å². The molecule has 2 aromatic carbocycles. The van der Waals surface area contributed by atoms with Gasteiger partial charge in [-0.2, -0.15) is 0 Å². The standard InChI is InChI=1S/C17H15ClN2O2/c18-22-17(21)15(19)9-12-10-20-16-13(7-4-8-14(12)16)11-5-2-1-3-6-11/h1-8,10,15,20H,9,19H2/t15-/m0/s1. The number of carbonyl (C=O) groups is 1. The van der Waals surface area contributed by atoms with Gasteiger partial charge in [0.05, 0.1) is 5.52 Å². The first-order chi connectivity index (χ1) is 10.7. The zero-order valence-corrected chi connectivity index (χ0v) is 12.5. The maximum Gasteiger partial charge on any atom is 0.341 e. The van der Waals surface area contributed by atoms with E-state index in [0.717, 1.165) is 27.6 Å². The number of aromatic nitrogens is 1. The highest BCUT2D eigenvalue weighted by Crippen LogP contribution is 2.30. The van der Waals surface area contributed by atoms with Crippen molar-refractivity contribution in [3.05, 3.63) is 60.3 Å². The molecular formula is C17H15ClN2O2. The molecule has 0 saturated heterocycles. The van der Waals surface area contributed by atoms with Gasteiger partial charge in [0.2, 0.25) is 0 Å². The highest BCUT2D eigenvalue weighted by atomic mass is 35.5. The molecule has 0 amide bonds. The normalized spacial score (nSPS) is 12.3. The second-order valence-corrected chi connectivity index (χ2v) is 5.27. The number of nitrogens with two attached hydrogens (primary N) is 1. The predicted molar refractivity (Wildman–Crippen MR) is 87.4 cm³/mol. The summed E-state index contributed by atoms with van der Waals surface area (Å²) in [5.74, 6) is -0.629. The van der Waals surface area contributed by atoms with Crippen LogP contribution in [0.5, 0.6) is 0 Å². The number of rotatable bonds is 4. The minimum absolute atomic E-state index is 0.365. The Morgan fingerprint density at radius 1 is 1.18 bits per heavy atom. The summed E-state index contributed by atoms with van der Waals surface area (Å²) in [4.78, 5) is 14.7. The topological polar surface area (TPSA) is 68.1 Å². The van der Waals surface area contributed by atoms with E-state index in [2.05, 4.69) is 27.5 Å². The molecule has 3 rings (SSSR count). The van der Waals surface area contributed by atoms with Crippen LogP contribution in [0.1, 0.15) is 5.56 Å². The van der Waals surface area contributed by atoms with E-state index in [1.807, 2.05) is 36.5 Å². The van der Waals surface area contributed by atoms with Gasteiger partial charge in [0.15, 0.2) is 0 Å². The Labute approximate surface area is 133 Å². The van der Waals surface area contributed by atoms with Gasteiger partial charge in [-0.1, -0.05) is 48.5 Å². The lowest BCUT2D eigenvalue weighted by molar-refractivity contribution is -0.135. The zero-order chi connectivity index (χ0) is 15.5. The molecule has 4 nitrogen and oxygen atoms in total. The van der Waals surface area contributed by atoms with Crippen LogP contribution in [0.25, 0.3) is 22.0 Å². The Morgan fingerprint density at radius 3 is 2.68 bits per heavy atom. The van der Waals surface area contributed by atoms with Crippen LogP contribution < -0.4 is 5.73 Å². The summed E-state index contributed by atoms with van der Waals surface area (Å²) in [5.41, 5.74) is 10.0. The second kappa shape index (κ2) is 6.22. The molecule has 0 saturated carbocycles. The summed E-state index contributed by atoms with van der Waals surface area (Å²) >= 11 is 5.07. The van der Waals surface area contributed by atoms with E-state index in [1.54, 1.807) is 0 Å². The number of halogens is 1. The average molecular weight is 315 g/mol. The molecule has 0 aliphatic heterocycles. The molecule has 0 unspecified atom stereocenters. The van der Waals surface area contributed by atoms with Gasteiger partial charge < -0.3 is 15.0 Å². The van der Waals surface area contributed by atoms with Crippen LogP contribution in [0.2, 0.25) is 0 Å². The lowest BCUT2D eigenvalue weighted by atomic mass is 10.00. The monoisotopic (exact) mass is 314 g/mol. The number of nitrogens with one attached hydrogen (secondary N) is 1. The summed E-state index contributed by atoms with van der Waals surface area (Å²) in [6.45, 7) is 0. The largest absolute Gasteiger partial charge is 0.360 e. The summed E-state index contributed by atoms with van der Waals surface area (Å²) in [6, 6.07) is 15.4. The van der Waals surface area contributed by atoms with Crippen molar-refractivity contribution < 1.29 is 9.08 Å². The second-order valence-electron chi connectivity index (χ2n) is 5.11. The van der Waals surface area contributed by atoms with E-state index < -0.39 is 12.0 Å². The van der Waals surface area contributed by atoms with E-state index in [-0.39, 0.29) is 0 Å². The zero-order valence-electron chi connectivity index (χ0n) is 11.8. The van der Waals surface area contributed by atoms with Crippen LogP contribution in [0.3, 0.4) is 0 Å². The van der Waals surface area contributed by atoms with E-state index in [9.17, 15) is 4.79 Å². The number of para-hydroxylation sites is 1. The Balaban J connectivity index is 2.01. The molecular weight excluding hydrogens is 300 g/mol. The molecule has 22 heavy (non-hydrogen) atoms. The number of H-pyrrole nitrogens is 1. The molecule has 1 atom stereocenters. The van der Waals surface area contributed by atoms with Gasteiger partial charge in [-0.05, 0) is 11.1 Å². The summed E-state index contributed by atoms with van der Waals surface area (Å²) < 4.78 is 4.16. The molecule has 0 aliphatic carbocycles. The highest BCUT2D eigenvalue weighted by molar-refractivity contribution is 6.13. The fraction of sp³-hybridized carbons (Fsp3) is 0.118.